The van der Waals surface area contributed by atoms with E-state index < -0.39 is 0 Å². The minimum absolute atomic E-state index is 0.0774. The lowest BCUT2D eigenvalue weighted by atomic mass is 9.85. The summed E-state index contributed by atoms with van der Waals surface area (Å²) in [6.07, 6.45) is 1.48. The van der Waals surface area contributed by atoms with Crippen molar-refractivity contribution < 1.29 is 4.79 Å². The number of aromatic nitrogens is 2. The number of carbonyl (C=O) groups is 1. The van der Waals surface area contributed by atoms with Crippen molar-refractivity contribution in [2.75, 3.05) is 0 Å². The van der Waals surface area contributed by atoms with Crippen LogP contribution in [0.2, 0.25) is 0 Å². The number of hydrogen-bond acceptors (Lipinski definition) is 3. The molecule has 0 saturated carbocycles. The van der Waals surface area contributed by atoms with Crippen LogP contribution in [0.25, 0.3) is 32.9 Å². The summed E-state index contributed by atoms with van der Waals surface area (Å²) < 4.78 is 0. The molecule has 0 fully saturated rings. The number of benzene rings is 2. The van der Waals surface area contributed by atoms with Gasteiger partial charge in [0.2, 0.25) is 5.56 Å². The van der Waals surface area contributed by atoms with E-state index in [1.54, 1.807) is 0 Å². The van der Waals surface area contributed by atoms with E-state index in [0.29, 0.717) is 22.4 Å². The highest BCUT2D eigenvalue weighted by Crippen LogP contribution is 2.39. The molecule has 0 spiro atoms. The highest BCUT2D eigenvalue weighted by atomic mass is 16.1. The summed E-state index contributed by atoms with van der Waals surface area (Å²) in [4.78, 5) is 31.9. The van der Waals surface area contributed by atoms with Crippen molar-refractivity contribution in [1.82, 2.24) is 9.97 Å². The number of carbonyl (C=O) groups excluding carboxylic acids is 1. The standard InChI is InChI=1S/C19H10N2O2/c22-16-8-13-14(9-20-16)19(23)12-6-3-5-11-10-4-1-2-7-15(10)21-18(13)17(11)12/h1-9H,(H,20,22). The number of H-pyrrole nitrogens is 1. The van der Waals surface area contributed by atoms with Gasteiger partial charge in [0.15, 0.2) is 5.78 Å². The first-order chi connectivity index (χ1) is 11.2. The molecule has 0 aliphatic heterocycles. The molecule has 1 N–H and O–H groups in total. The fourth-order valence-electron chi connectivity index (χ4n) is 3.39. The van der Waals surface area contributed by atoms with Crippen molar-refractivity contribution in [2.45, 2.75) is 0 Å². The monoisotopic (exact) mass is 298 g/mol. The summed E-state index contributed by atoms with van der Waals surface area (Å²) in [5.41, 5.74) is 3.05. The second-order valence-electron chi connectivity index (χ2n) is 5.66. The molecular formula is C19H10N2O2. The van der Waals surface area contributed by atoms with Gasteiger partial charge in [0.05, 0.1) is 11.2 Å². The van der Waals surface area contributed by atoms with E-state index in [-0.39, 0.29) is 11.3 Å². The van der Waals surface area contributed by atoms with Crippen LogP contribution < -0.4 is 5.56 Å². The van der Waals surface area contributed by atoms with Crippen LogP contribution in [0.5, 0.6) is 0 Å². The van der Waals surface area contributed by atoms with E-state index in [4.69, 9.17) is 4.98 Å². The van der Waals surface area contributed by atoms with E-state index in [1.165, 1.54) is 12.3 Å². The second kappa shape index (κ2) is 4.14. The molecule has 1 aliphatic carbocycles. The van der Waals surface area contributed by atoms with Gasteiger partial charge in [-0.3, -0.25) is 9.59 Å². The summed E-state index contributed by atoms with van der Waals surface area (Å²) in [7, 11) is 0. The molecule has 4 heteroatoms. The largest absolute Gasteiger partial charge is 0.328 e. The molecule has 0 unspecified atom stereocenters. The molecule has 0 atom stereocenters. The Kier molecular flexibility index (Phi) is 2.21. The Labute approximate surface area is 130 Å². The number of nitrogens with zero attached hydrogens (tertiary/aromatic N) is 1. The van der Waals surface area contributed by atoms with Gasteiger partial charge in [-0.05, 0) is 11.5 Å². The number of aromatic amines is 1. The predicted molar refractivity (Wildman–Crippen MR) is 88.7 cm³/mol. The Bertz CT molecular complexity index is 1210. The number of rotatable bonds is 0. The van der Waals surface area contributed by atoms with Gasteiger partial charge in [0, 0.05) is 39.7 Å². The fourth-order valence-corrected chi connectivity index (χ4v) is 3.39. The van der Waals surface area contributed by atoms with Gasteiger partial charge in [-0.1, -0.05) is 36.4 Å². The molecule has 2 heterocycles. The zero-order chi connectivity index (χ0) is 15.6. The van der Waals surface area contributed by atoms with Crippen molar-refractivity contribution in [3.8, 4) is 11.3 Å². The first-order valence-electron chi connectivity index (χ1n) is 7.33. The fraction of sp³-hybridized carbons (Fsp3) is 0. The molecular weight excluding hydrogens is 288 g/mol. The van der Waals surface area contributed by atoms with Crippen molar-refractivity contribution in [1.29, 1.82) is 0 Å². The number of nitrogens with one attached hydrogen (secondary N) is 1. The van der Waals surface area contributed by atoms with Gasteiger partial charge in [0.25, 0.3) is 0 Å². The van der Waals surface area contributed by atoms with Crippen LogP contribution in [-0.2, 0) is 0 Å². The average molecular weight is 298 g/mol. The summed E-state index contributed by atoms with van der Waals surface area (Å²) in [5, 5.41) is 2.82. The highest BCUT2D eigenvalue weighted by molar-refractivity contribution is 6.28. The predicted octanol–water partition coefficient (Wildman–Crippen LogP) is 3.29. The van der Waals surface area contributed by atoms with E-state index in [1.807, 2.05) is 42.5 Å². The number of pyridine rings is 2. The SMILES string of the molecule is O=C1c2c[nH]c(=O)cc2-c2nc3ccccc3c3cccc1c23. The first kappa shape index (κ1) is 12.3. The number of ketones is 1. The van der Waals surface area contributed by atoms with Crippen LogP contribution >= 0.6 is 0 Å². The molecule has 4 nitrogen and oxygen atoms in total. The third kappa shape index (κ3) is 1.52. The lowest BCUT2D eigenvalue weighted by Crippen LogP contribution is -2.15. The lowest BCUT2D eigenvalue weighted by molar-refractivity contribution is 0.103. The summed E-state index contributed by atoms with van der Waals surface area (Å²) >= 11 is 0. The zero-order valence-electron chi connectivity index (χ0n) is 12.0. The molecule has 2 aromatic carbocycles. The Morgan fingerprint density at radius 2 is 1.65 bits per heavy atom. The quantitative estimate of drug-likeness (QED) is 0.446. The van der Waals surface area contributed by atoms with Crippen LogP contribution in [0.15, 0.2) is 59.5 Å². The minimum Gasteiger partial charge on any atom is -0.328 e. The molecule has 2 aromatic heterocycles. The maximum atomic E-state index is 12.8. The maximum absolute atomic E-state index is 12.8. The number of hydrogen-bond donors (Lipinski definition) is 1. The smallest absolute Gasteiger partial charge is 0.248 e. The average Bonchev–Trinajstić information content (AvgIpc) is 2.59. The lowest BCUT2D eigenvalue weighted by Gasteiger charge is -2.19. The van der Waals surface area contributed by atoms with Crippen LogP contribution in [0.4, 0.5) is 0 Å². The van der Waals surface area contributed by atoms with Crippen molar-refractivity contribution in [3.05, 3.63) is 76.2 Å². The molecule has 0 bridgehead atoms. The molecule has 108 valence electrons. The number of fused-ring (bicyclic) bond motifs is 4. The van der Waals surface area contributed by atoms with Crippen LogP contribution in [-0.4, -0.2) is 15.8 Å². The van der Waals surface area contributed by atoms with E-state index in [9.17, 15) is 9.59 Å². The van der Waals surface area contributed by atoms with E-state index in [2.05, 4.69) is 4.98 Å². The van der Waals surface area contributed by atoms with Gasteiger partial charge in [-0.25, -0.2) is 4.98 Å². The second-order valence-corrected chi connectivity index (χ2v) is 5.66. The third-order valence-corrected chi connectivity index (χ3v) is 4.40. The third-order valence-electron chi connectivity index (χ3n) is 4.40. The van der Waals surface area contributed by atoms with Gasteiger partial charge >= 0.3 is 0 Å². The van der Waals surface area contributed by atoms with Gasteiger partial charge in [-0.2, -0.15) is 0 Å². The Hall–Kier alpha value is -3.27. The Morgan fingerprint density at radius 3 is 2.57 bits per heavy atom. The summed E-state index contributed by atoms with van der Waals surface area (Å²) in [6.45, 7) is 0. The molecule has 4 aromatic rings. The van der Waals surface area contributed by atoms with Crippen LogP contribution in [0.3, 0.4) is 0 Å². The van der Waals surface area contributed by atoms with Gasteiger partial charge in [-0.15, -0.1) is 0 Å². The molecule has 0 radical (unpaired) electrons. The van der Waals surface area contributed by atoms with Gasteiger partial charge < -0.3 is 4.98 Å². The van der Waals surface area contributed by atoms with Crippen molar-refractivity contribution in [3.63, 3.8) is 0 Å². The van der Waals surface area contributed by atoms with Crippen LogP contribution in [0.1, 0.15) is 15.9 Å². The molecule has 0 amide bonds. The molecule has 1 aliphatic rings. The number of para-hydroxylation sites is 1. The Balaban J connectivity index is 2.10. The summed E-state index contributed by atoms with van der Waals surface area (Å²) in [5.74, 6) is -0.0774. The molecule has 5 rings (SSSR count). The molecule has 23 heavy (non-hydrogen) atoms. The van der Waals surface area contributed by atoms with Crippen molar-refractivity contribution >= 4 is 27.5 Å². The van der Waals surface area contributed by atoms with Crippen molar-refractivity contribution in [2.24, 2.45) is 0 Å². The van der Waals surface area contributed by atoms with E-state index in [0.717, 1.165) is 21.7 Å². The maximum Gasteiger partial charge on any atom is 0.248 e. The van der Waals surface area contributed by atoms with Gasteiger partial charge in [0.1, 0.15) is 0 Å². The highest BCUT2D eigenvalue weighted by Gasteiger charge is 2.27. The summed E-state index contributed by atoms with van der Waals surface area (Å²) in [6, 6.07) is 15.0. The molecule has 0 saturated heterocycles. The first-order valence-corrected chi connectivity index (χ1v) is 7.33. The minimum atomic E-state index is -0.237. The zero-order valence-corrected chi connectivity index (χ0v) is 12.0. The van der Waals surface area contributed by atoms with Crippen LogP contribution in [0, 0.1) is 0 Å². The topological polar surface area (TPSA) is 62.8 Å². The Morgan fingerprint density at radius 1 is 0.826 bits per heavy atom. The normalized spacial score (nSPS) is 12.6. The van der Waals surface area contributed by atoms with E-state index >= 15 is 0 Å².